The zero-order chi connectivity index (χ0) is 20.1. The standard InChI is InChI=1S/C17H21N3O5S3/c1-2-6-19(13-5-8-27(22,23)11-13)16(21)12-3-4-14-15(10-12)26-17-18-28(24,25)9-7-20(14)17/h3-4,10,13H,2,5-9,11H2,1H3/t13-/m1/s1. The van der Waals surface area contributed by atoms with Crippen molar-refractivity contribution in [3.63, 3.8) is 0 Å². The highest BCUT2D eigenvalue weighted by Gasteiger charge is 2.36. The summed E-state index contributed by atoms with van der Waals surface area (Å²) in [4.78, 5) is 17.4. The summed E-state index contributed by atoms with van der Waals surface area (Å²) in [5.41, 5.74) is 1.33. The summed E-state index contributed by atoms with van der Waals surface area (Å²) in [6.07, 6.45) is 1.21. The van der Waals surface area contributed by atoms with Crippen LogP contribution in [0.4, 0.5) is 5.69 Å². The van der Waals surface area contributed by atoms with E-state index in [4.69, 9.17) is 0 Å². The van der Waals surface area contributed by atoms with Crippen molar-refractivity contribution in [1.29, 1.82) is 0 Å². The molecule has 0 N–H and O–H groups in total. The Morgan fingerprint density at radius 3 is 2.75 bits per heavy atom. The van der Waals surface area contributed by atoms with Crippen molar-refractivity contribution in [2.75, 3.05) is 35.2 Å². The summed E-state index contributed by atoms with van der Waals surface area (Å²) in [7, 11) is -6.52. The molecular weight excluding hydrogens is 422 g/mol. The number of thioether (sulfide) groups is 1. The number of sulfonamides is 1. The third-order valence-corrected chi connectivity index (χ3v) is 9.15. The summed E-state index contributed by atoms with van der Waals surface area (Å²) in [5, 5.41) is 0.415. The molecule has 0 saturated carbocycles. The maximum Gasteiger partial charge on any atom is 0.257 e. The number of amidine groups is 1. The van der Waals surface area contributed by atoms with Gasteiger partial charge in [0.2, 0.25) is 0 Å². The van der Waals surface area contributed by atoms with Crippen LogP contribution in [-0.2, 0) is 19.9 Å². The number of benzene rings is 1. The molecule has 0 aromatic heterocycles. The van der Waals surface area contributed by atoms with E-state index in [9.17, 15) is 21.6 Å². The molecule has 3 aliphatic rings. The molecule has 0 radical (unpaired) electrons. The fourth-order valence-corrected chi connectivity index (χ4v) is 7.77. The molecule has 0 aliphatic carbocycles. The van der Waals surface area contributed by atoms with E-state index in [2.05, 4.69) is 4.40 Å². The fourth-order valence-electron chi connectivity index (χ4n) is 3.74. The van der Waals surface area contributed by atoms with Crippen molar-refractivity contribution < 1.29 is 21.6 Å². The minimum atomic E-state index is -3.43. The number of rotatable bonds is 4. The molecule has 3 aliphatic heterocycles. The lowest BCUT2D eigenvalue weighted by Crippen LogP contribution is -2.41. The Hall–Kier alpha value is -1.59. The normalized spacial score (nSPS) is 24.4. The van der Waals surface area contributed by atoms with Gasteiger partial charge in [-0.3, -0.25) is 4.79 Å². The SMILES string of the molecule is CCCN(C(=O)c1ccc2c(c1)SC1=NS(=O)(=O)CCN12)[C@@H]1CCS(=O)(=O)C1. The molecule has 1 saturated heterocycles. The average Bonchev–Trinajstić information content (AvgIpc) is 3.16. The van der Waals surface area contributed by atoms with Gasteiger partial charge in [-0.1, -0.05) is 6.92 Å². The Morgan fingerprint density at radius 1 is 1.29 bits per heavy atom. The molecule has 4 rings (SSSR count). The lowest BCUT2D eigenvalue weighted by atomic mass is 10.1. The van der Waals surface area contributed by atoms with Crippen LogP contribution < -0.4 is 4.90 Å². The van der Waals surface area contributed by atoms with Crippen LogP contribution in [-0.4, -0.2) is 69.2 Å². The first-order valence-electron chi connectivity index (χ1n) is 9.12. The summed E-state index contributed by atoms with van der Waals surface area (Å²) in [5.74, 6) is -0.0841. The van der Waals surface area contributed by atoms with Crippen LogP contribution in [0.1, 0.15) is 30.1 Å². The molecule has 3 heterocycles. The van der Waals surface area contributed by atoms with Gasteiger partial charge in [-0.2, -0.15) is 0 Å². The molecular formula is C17H21N3O5S3. The topological polar surface area (TPSA) is 104 Å². The minimum Gasteiger partial charge on any atom is -0.335 e. The zero-order valence-electron chi connectivity index (χ0n) is 15.4. The third kappa shape index (κ3) is 3.67. The van der Waals surface area contributed by atoms with Crippen molar-refractivity contribution in [3.8, 4) is 0 Å². The van der Waals surface area contributed by atoms with E-state index in [-0.39, 0.29) is 29.2 Å². The molecule has 1 aromatic carbocycles. The molecule has 1 atom stereocenters. The highest BCUT2D eigenvalue weighted by molar-refractivity contribution is 8.15. The van der Waals surface area contributed by atoms with Gasteiger partial charge in [-0.15, -0.1) is 4.40 Å². The summed E-state index contributed by atoms with van der Waals surface area (Å²) < 4.78 is 51.0. The minimum absolute atomic E-state index is 0.0148. The van der Waals surface area contributed by atoms with Gasteiger partial charge in [0.15, 0.2) is 15.0 Å². The van der Waals surface area contributed by atoms with E-state index in [1.807, 2.05) is 17.9 Å². The second-order valence-electron chi connectivity index (χ2n) is 7.15. The van der Waals surface area contributed by atoms with Crippen LogP contribution in [0.5, 0.6) is 0 Å². The molecule has 0 spiro atoms. The lowest BCUT2D eigenvalue weighted by Gasteiger charge is -2.28. The van der Waals surface area contributed by atoms with Gasteiger partial charge in [0.1, 0.15) is 0 Å². The average molecular weight is 444 g/mol. The van der Waals surface area contributed by atoms with E-state index >= 15 is 0 Å². The van der Waals surface area contributed by atoms with Crippen molar-refractivity contribution in [1.82, 2.24) is 4.90 Å². The molecule has 0 unspecified atom stereocenters. The number of anilines is 1. The highest BCUT2D eigenvalue weighted by Crippen LogP contribution is 2.42. The second kappa shape index (κ2) is 7.03. The van der Waals surface area contributed by atoms with E-state index in [1.165, 1.54) is 11.8 Å². The van der Waals surface area contributed by atoms with Crippen molar-refractivity contribution in [3.05, 3.63) is 23.8 Å². The number of nitrogens with zero attached hydrogens (tertiary/aromatic N) is 3. The fraction of sp³-hybridized carbons (Fsp3) is 0.529. The first-order valence-corrected chi connectivity index (χ1v) is 13.4. The molecule has 0 bridgehead atoms. The molecule has 1 amide bonds. The smallest absolute Gasteiger partial charge is 0.257 e. The molecule has 1 fully saturated rings. The number of amides is 1. The summed E-state index contributed by atoms with van der Waals surface area (Å²) in [6, 6.07) is 4.99. The van der Waals surface area contributed by atoms with E-state index in [0.29, 0.717) is 30.2 Å². The van der Waals surface area contributed by atoms with Crippen LogP contribution in [0, 0.1) is 0 Å². The van der Waals surface area contributed by atoms with Crippen molar-refractivity contribution in [2.24, 2.45) is 4.40 Å². The highest BCUT2D eigenvalue weighted by atomic mass is 32.2. The van der Waals surface area contributed by atoms with Crippen LogP contribution >= 0.6 is 11.8 Å². The Bertz CT molecular complexity index is 1070. The monoisotopic (exact) mass is 443 g/mol. The summed E-state index contributed by atoms with van der Waals surface area (Å²) in [6.45, 7) is 2.80. The number of carbonyl (C=O) groups excluding carboxylic acids is 1. The number of hydrogen-bond donors (Lipinski definition) is 0. The van der Waals surface area contributed by atoms with E-state index in [1.54, 1.807) is 17.0 Å². The van der Waals surface area contributed by atoms with Crippen LogP contribution in [0.3, 0.4) is 0 Å². The van der Waals surface area contributed by atoms with Crippen molar-refractivity contribution >= 4 is 48.4 Å². The van der Waals surface area contributed by atoms with Crippen LogP contribution in [0.25, 0.3) is 0 Å². The Balaban J connectivity index is 1.61. The van der Waals surface area contributed by atoms with Crippen LogP contribution in [0.15, 0.2) is 27.5 Å². The Kier molecular flexibility index (Phi) is 4.95. The van der Waals surface area contributed by atoms with Crippen LogP contribution in [0.2, 0.25) is 0 Å². The largest absolute Gasteiger partial charge is 0.335 e. The van der Waals surface area contributed by atoms with Gasteiger partial charge in [0.05, 0.1) is 22.9 Å². The lowest BCUT2D eigenvalue weighted by molar-refractivity contribution is 0.0697. The maximum atomic E-state index is 13.1. The zero-order valence-corrected chi connectivity index (χ0v) is 17.8. The van der Waals surface area contributed by atoms with Gasteiger partial charge in [-0.05, 0) is 42.8 Å². The number of hydrogen-bond acceptors (Lipinski definition) is 7. The molecule has 11 heteroatoms. The molecule has 1 aromatic rings. The quantitative estimate of drug-likeness (QED) is 0.691. The second-order valence-corrected chi connectivity index (χ2v) is 12.1. The third-order valence-electron chi connectivity index (χ3n) is 5.09. The first kappa shape index (κ1) is 19.7. The number of carbonyl (C=O) groups is 1. The predicted octanol–water partition coefficient (Wildman–Crippen LogP) is 1.34. The maximum absolute atomic E-state index is 13.1. The van der Waals surface area contributed by atoms with Gasteiger partial charge >= 0.3 is 0 Å². The number of fused-ring (bicyclic) bond motifs is 3. The van der Waals surface area contributed by atoms with Gasteiger partial charge in [0, 0.05) is 29.6 Å². The predicted molar refractivity (Wildman–Crippen MR) is 109 cm³/mol. The van der Waals surface area contributed by atoms with E-state index in [0.717, 1.165) is 17.0 Å². The Morgan fingerprint density at radius 2 is 2.07 bits per heavy atom. The molecule has 152 valence electrons. The molecule has 28 heavy (non-hydrogen) atoms. The van der Waals surface area contributed by atoms with Gasteiger partial charge in [-0.25, -0.2) is 16.8 Å². The van der Waals surface area contributed by atoms with Gasteiger partial charge < -0.3 is 9.80 Å². The molecule has 8 nitrogen and oxygen atoms in total. The summed E-state index contributed by atoms with van der Waals surface area (Å²) >= 11 is 1.24. The van der Waals surface area contributed by atoms with Gasteiger partial charge in [0.25, 0.3) is 15.9 Å². The van der Waals surface area contributed by atoms with E-state index < -0.39 is 19.9 Å². The Labute approximate surface area is 169 Å². The number of sulfone groups is 1. The first-order chi connectivity index (χ1) is 13.2. The van der Waals surface area contributed by atoms with Crippen molar-refractivity contribution in [2.45, 2.75) is 30.7 Å².